The molecule has 1 aliphatic rings. The molecule has 1 fully saturated rings. The van der Waals surface area contributed by atoms with Gasteiger partial charge in [0.15, 0.2) is 0 Å². The van der Waals surface area contributed by atoms with Crippen molar-refractivity contribution in [2.75, 3.05) is 13.2 Å². The fraction of sp³-hybridized carbons (Fsp3) is 0.294. The van der Waals surface area contributed by atoms with Crippen LogP contribution in [0.15, 0.2) is 45.3 Å². The van der Waals surface area contributed by atoms with E-state index in [0.29, 0.717) is 17.7 Å². The number of aromatic nitrogens is 4. The lowest BCUT2D eigenvalue weighted by atomic mass is 10.00. The second-order valence-corrected chi connectivity index (χ2v) is 5.54. The zero-order valence-electron chi connectivity index (χ0n) is 13.0. The Bertz CT molecular complexity index is 819. The molecule has 0 aliphatic carbocycles. The molecule has 0 spiro atoms. The Morgan fingerprint density at radius 1 is 1.00 bits per heavy atom. The lowest BCUT2D eigenvalue weighted by molar-refractivity contribution is 0.0787. The molecule has 0 N–H and O–H groups in total. The first kappa shape index (κ1) is 14.8. The Kier molecular flexibility index (Phi) is 4.16. The number of allylic oxidation sites excluding steroid dienone is 1. The maximum atomic E-state index is 5.62. The quantitative estimate of drug-likeness (QED) is 0.728. The van der Waals surface area contributed by atoms with Gasteiger partial charge in [0, 0.05) is 18.8 Å². The highest BCUT2D eigenvalue weighted by Crippen LogP contribution is 2.22. The van der Waals surface area contributed by atoms with Gasteiger partial charge in [0.25, 0.3) is 17.6 Å². The summed E-state index contributed by atoms with van der Waals surface area (Å²) in [7, 11) is 0. The number of hydrogen-bond acceptors (Lipinski definition) is 7. The summed E-state index contributed by atoms with van der Waals surface area (Å²) in [4.78, 5) is 4.28. The highest BCUT2D eigenvalue weighted by Gasteiger charge is 2.16. The summed E-state index contributed by atoms with van der Waals surface area (Å²) in [5.41, 5.74) is 0.847. The van der Waals surface area contributed by atoms with Gasteiger partial charge in [0.05, 0.1) is 0 Å². The Morgan fingerprint density at radius 3 is 2.62 bits per heavy atom. The predicted molar refractivity (Wildman–Crippen MR) is 85.6 cm³/mol. The molecule has 1 saturated heterocycles. The Balaban J connectivity index is 1.49. The van der Waals surface area contributed by atoms with Gasteiger partial charge in [-0.05, 0) is 37.0 Å². The fourth-order valence-electron chi connectivity index (χ4n) is 2.53. The summed E-state index contributed by atoms with van der Waals surface area (Å²) < 4.78 is 16.2. The van der Waals surface area contributed by atoms with Gasteiger partial charge in [0.1, 0.15) is 0 Å². The van der Waals surface area contributed by atoms with Crippen LogP contribution in [0.3, 0.4) is 0 Å². The third kappa shape index (κ3) is 3.26. The van der Waals surface area contributed by atoms with Gasteiger partial charge in [-0.2, -0.15) is 4.98 Å². The molecular formula is C17H16N4O3. The van der Waals surface area contributed by atoms with E-state index in [9.17, 15) is 0 Å². The van der Waals surface area contributed by atoms with Gasteiger partial charge in [0.2, 0.25) is 5.89 Å². The van der Waals surface area contributed by atoms with E-state index in [1.807, 2.05) is 36.4 Å². The van der Waals surface area contributed by atoms with Crippen LogP contribution in [0, 0.1) is 5.92 Å². The average molecular weight is 324 g/mol. The Morgan fingerprint density at radius 2 is 1.79 bits per heavy atom. The molecule has 0 amide bonds. The maximum absolute atomic E-state index is 5.62. The summed E-state index contributed by atoms with van der Waals surface area (Å²) in [6.07, 6.45) is 5.95. The van der Waals surface area contributed by atoms with Crippen molar-refractivity contribution < 1.29 is 13.7 Å². The minimum absolute atomic E-state index is 0.239. The van der Waals surface area contributed by atoms with Crippen molar-refractivity contribution in [3.05, 3.63) is 42.3 Å². The second-order valence-electron chi connectivity index (χ2n) is 5.54. The summed E-state index contributed by atoms with van der Waals surface area (Å²) in [5, 5.41) is 11.9. The lowest BCUT2D eigenvalue weighted by Crippen LogP contribution is -2.13. The standard InChI is InChI=1S/C17H16N4O3/c1-2-4-13(5-3-1)16-19-20-17(23-16)15-18-14(24-21-15)7-6-12-8-10-22-11-9-12/h1-7,12H,8-11H2/b7-6+. The van der Waals surface area contributed by atoms with Crippen LogP contribution < -0.4 is 0 Å². The number of rotatable bonds is 4. The molecule has 0 unspecified atom stereocenters. The summed E-state index contributed by atoms with van der Waals surface area (Å²) in [6, 6.07) is 9.54. The third-order valence-corrected chi connectivity index (χ3v) is 3.86. The molecule has 0 saturated carbocycles. The van der Waals surface area contributed by atoms with E-state index in [2.05, 4.69) is 26.4 Å². The highest BCUT2D eigenvalue weighted by atomic mass is 16.5. The molecule has 7 heteroatoms. The van der Waals surface area contributed by atoms with E-state index >= 15 is 0 Å². The topological polar surface area (TPSA) is 87.1 Å². The highest BCUT2D eigenvalue weighted by molar-refractivity contribution is 5.54. The number of benzene rings is 1. The number of nitrogens with zero attached hydrogens (tertiary/aromatic N) is 4. The summed E-state index contributed by atoms with van der Waals surface area (Å²) in [5.74, 6) is 1.87. The number of hydrogen-bond donors (Lipinski definition) is 0. The van der Waals surface area contributed by atoms with E-state index in [4.69, 9.17) is 13.7 Å². The van der Waals surface area contributed by atoms with Gasteiger partial charge in [-0.3, -0.25) is 0 Å². The van der Waals surface area contributed by atoms with Crippen molar-refractivity contribution in [1.82, 2.24) is 20.3 Å². The molecule has 0 bridgehead atoms. The minimum Gasteiger partial charge on any atom is -0.413 e. The molecule has 4 rings (SSSR count). The first-order valence-corrected chi connectivity index (χ1v) is 7.87. The molecule has 0 radical (unpaired) electrons. The van der Waals surface area contributed by atoms with E-state index in [1.54, 1.807) is 0 Å². The molecule has 24 heavy (non-hydrogen) atoms. The fourth-order valence-corrected chi connectivity index (χ4v) is 2.53. The van der Waals surface area contributed by atoms with Crippen LogP contribution in [0.4, 0.5) is 0 Å². The van der Waals surface area contributed by atoms with Gasteiger partial charge >= 0.3 is 0 Å². The van der Waals surface area contributed by atoms with Crippen molar-refractivity contribution >= 4 is 6.08 Å². The van der Waals surface area contributed by atoms with Gasteiger partial charge in [-0.15, -0.1) is 10.2 Å². The molecule has 1 aromatic carbocycles. The van der Waals surface area contributed by atoms with Crippen molar-refractivity contribution in [2.45, 2.75) is 12.8 Å². The first-order valence-electron chi connectivity index (χ1n) is 7.87. The molecular weight excluding hydrogens is 308 g/mol. The summed E-state index contributed by atoms with van der Waals surface area (Å²) in [6.45, 7) is 1.60. The lowest BCUT2D eigenvalue weighted by Gasteiger charge is -2.18. The molecule has 1 aliphatic heterocycles. The molecule has 3 heterocycles. The molecule has 2 aromatic heterocycles. The van der Waals surface area contributed by atoms with Gasteiger partial charge in [-0.25, -0.2) is 0 Å². The molecule has 3 aromatic rings. The SMILES string of the molecule is C(=C\C1CCOCC1)/c1nc(-c2nnc(-c3ccccc3)o2)no1. The minimum atomic E-state index is 0.239. The average Bonchev–Trinajstić information content (AvgIpc) is 3.31. The van der Waals surface area contributed by atoms with Crippen LogP contribution in [0.2, 0.25) is 0 Å². The van der Waals surface area contributed by atoms with E-state index in [0.717, 1.165) is 31.6 Å². The normalized spacial score (nSPS) is 16.0. The van der Waals surface area contributed by atoms with Gasteiger partial charge < -0.3 is 13.7 Å². The Hall–Kier alpha value is -2.80. The van der Waals surface area contributed by atoms with E-state index < -0.39 is 0 Å². The van der Waals surface area contributed by atoms with Crippen molar-refractivity contribution in [2.24, 2.45) is 5.92 Å². The second kappa shape index (κ2) is 6.76. The monoisotopic (exact) mass is 324 g/mol. The van der Waals surface area contributed by atoms with Crippen molar-refractivity contribution in [3.8, 4) is 23.2 Å². The third-order valence-electron chi connectivity index (χ3n) is 3.86. The maximum Gasteiger partial charge on any atom is 0.289 e. The van der Waals surface area contributed by atoms with Crippen LogP contribution >= 0.6 is 0 Å². The first-order chi connectivity index (χ1) is 11.9. The number of ether oxygens (including phenoxy) is 1. The van der Waals surface area contributed by atoms with Crippen LogP contribution in [-0.2, 0) is 4.74 Å². The molecule has 7 nitrogen and oxygen atoms in total. The van der Waals surface area contributed by atoms with E-state index in [-0.39, 0.29) is 11.7 Å². The van der Waals surface area contributed by atoms with Crippen molar-refractivity contribution in [3.63, 3.8) is 0 Å². The predicted octanol–water partition coefficient (Wildman–Crippen LogP) is 3.23. The molecule has 0 atom stereocenters. The largest absolute Gasteiger partial charge is 0.413 e. The zero-order valence-corrected chi connectivity index (χ0v) is 13.0. The van der Waals surface area contributed by atoms with Crippen molar-refractivity contribution in [1.29, 1.82) is 0 Å². The molecule has 122 valence electrons. The smallest absolute Gasteiger partial charge is 0.289 e. The van der Waals surface area contributed by atoms with Crippen LogP contribution in [0.5, 0.6) is 0 Å². The van der Waals surface area contributed by atoms with E-state index in [1.165, 1.54) is 0 Å². The van der Waals surface area contributed by atoms with Crippen LogP contribution in [0.1, 0.15) is 18.7 Å². The summed E-state index contributed by atoms with van der Waals surface area (Å²) >= 11 is 0. The van der Waals surface area contributed by atoms with Gasteiger partial charge in [-0.1, -0.05) is 29.4 Å². The van der Waals surface area contributed by atoms with Crippen LogP contribution in [0.25, 0.3) is 29.2 Å². The zero-order chi connectivity index (χ0) is 16.2. The van der Waals surface area contributed by atoms with Crippen LogP contribution in [-0.4, -0.2) is 33.6 Å². The Labute approximate surface area is 138 Å².